The maximum Gasteiger partial charge on any atom is 0.182 e. The van der Waals surface area contributed by atoms with E-state index in [0.29, 0.717) is 23.6 Å². The lowest BCUT2D eigenvalue weighted by Gasteiger charge is -1.99. The summed E-state index contributed by atoms with van der Waals surface area (Å²) in [4.78, 5) is 17.1. The molecule has 0 spiro atoms. The van der Waals surface area contributed by atoms with Gasteiger partial charge in [-0.15, -0.1) is 0 Å². The Labute approximate surface area is 137 Å². The van der Waals surface area contributed by atoms with Gasteiger partial charge >= 0.3 is 0 Å². The van der Waals surface area contributed by atoms with Crippen LogP contribution in [0.2, 0.25) is 0 Å². The second kappa shape index (κ2) is 6.13. The summed E-state index contributed by atoms with van der Waals surface area (Å²) >= 11 is 0. The molecular formula is C17H14N6O. The van der Waals surface area contributed by atoms with Crippen LogP contribution >= 0.6 is 0 Å². The van der Waals surface area contributed by atoms with Gasteiger partial charge in [0.1, 0.15) is 12.0 Å². The van der Waals surface area contributed by atoms with Gasteiger partial charge in [0.25, 0.3) is 0 Å². The predicted octanol–water partition coefficient (Wildman–Crippen LogP) is 1.66. The van der Waals surface area contributed by atoms with Crippen LogP contribution in [0.1, 0.15) is 17.0 Å². The van der Waals surface area contributed by atoms with E-state index in [1.807, 2.05) is 24.3 Å². The van der Waals surface area contributed by atoms with Crippen molar-refractivity contribution in [2.24, 2.45) is 0 Å². The topological polar surface area (TPSA) is 89.1 Å². The molecule has 7 nitrogen and oxygen atoms in total. The molecule has 0 saturated heterocycles. The first kappa shape index (κ1) is 14.4. The molecule has 0 amide bonds. The van der Waals surface area contributed by atoms with Crippen molar-refractivity contribution in [3.63, 3.8) is 0 Å². The van der Waals surface area contributed by atoms with Gasteiger partial charge in [-0.3, -0.25) is 4.98 Å². The number of benzene rings is 1. The van der Waals surface area contributed by atoms with Crippen LogP contribution in [0.3, 0.4) is 0 Å². The van der Waals surface area contributed by atoms with Gasteiger partial charge in [-0.2, -0.15) is 5.10 Å². The SMILES string of the molecule is OCc1ccc(Cc2nc3c(-c4cncnc4)nccn3n2)cc1. The lowest BCUT2D eigenvalue weighted by atomic mass is 10.1. The smallest absolute Gasteiger partial charge is 0.182 e. The molecule has 3 aromatic heterocycles. The molecule has 0 saturated carbocycles. The Morgan fingerprint density at radius 1 is 1.00 bits per heavy atom. The summed E-state index contributed by atoms with van der Waals surface area (Å²) in [6, 6.07) is 7.75. The van der Waals surface area contributed by atoms with E-state index in [2.05, 4.69) is 25.0 Å². The monoisotopic (exact) mass is 318 g/mol. The number of aliphatic hydroxyl groups is 1. The van der Waals surface area contributed by atoms with Crippen molar-refractivity contribution in [1.29, 1.82) is 0 Å². The normalized spacial score (nSPS) is 11.0. The number of fused-ring (bicyclic) bond motifs is 1. The van der Waals surface area contributed by atoms with E-state index in [9.17, 15) is 0 Å². The minimum absolute atomic E-state index is 0.0427. The Hall–Kier alpha value is -3.19. The molecule has 7 heteroatoms. The summed E-state index contributed by atoms with van der Waals surface area (Å²) in [5.74, 6) is 0.706. The maximum atomic E-state index is 9.11. The number of rotatable bonds is 4. The summed E-state index contributed by atoms with van der Waals surface area (Å²) in [5.41, 5.74) is 4.15. The molecule has 0 aliphatic heterocycles. The van der Waals surface area contributed by atoms with E-state index in [4.69, 9.17) is 5.11 Å². The summed E-state index contributed by atoms with van der Waals surface area (Å²) in [5, 5.41) is 13.6. The van der Waals surface area contributed by atoms with Crippen molar-refractivity contribution in [3.8, 4) is 11.3 Å². The van der Waals surface area contributed by atoms with Gasteiger partial charge < -0.3 is 5.11 Å². The van der Waals surface area contributed by atoms with Gasteiger partial charge in [-0.1, -0.05) is 24.3 Å². The van der Waals surface area contributed by atoms with E-state index >= 15 is 0 Å². The van der Waals surface area contributed by atoms with Gasteiger partial charge in [0, 0.05) is 36.8 Å². The molecule has 3 heterocycles. The van der Waals surface area contributed by atoms with Crippen molar-refractivity contribution in [2.45, 2.75) is 13.0 Å². The summed E-state index contributed by atoms with van der Waals surface area (Å²) in [7, 11) is 0. The average Bonchev–Trinajstić information content (AvgIpc) is 3.05. The highest BCUT2D eigenvalue weighted by molar-refractivity contribution is 5.71. The van der Waals surface area contributed by atoms with Crippen molar-refractivity contribution < 1.29 is 5.11 Å². The quantitative estimate of drug-likeness (QED) is 0.615. The first-order chi connectivity index (χ1) is 11.8. The van der Waals surface area contributed by atoms with Crippen LogP contribution in [0.5, 0.6) is 0 Å². The van der Waals surface area contributed by atoms with Crippen molar-refractivity contribution in [2.75, 3.05) is 0 Å². The first-order valence-corrected chi connectivity index (χ1v) is 7.48. The predicted molar refractivity (Wildman–Crippen MR) is 87.0 cm³/mol. The van der Waals surface area contributed by atoms with Gasteiger partial charge in [0.05, 0.1) is 6.61 Å². The Kier molecular flexibility index (Phi) is 3.68. The number of aliphatic hydroxyl groups excluding tert-OH is 1. The molecule has 0 aliphatic rings. The van der Waals surface area contributed by atoms with E-state index in [1.54, 1.807) is 29.3 Å². The fourth-order valence-electron chi connectivity index (χ4n) is 2.51. The van der Waals surface area contributed by atoms with Crippen molar-refractivity contribution >= 4 is 5.65 Å². The third-order valence-corrected chi connectivity index (χ3v) is 3.70. The highest BCUT2D eigenvalue weighted by Gasteiger charge is 2.11. The highest BCUT2D eigenvalue weighted by atomic mass is 16.3. The largest absolute Gasteiger partial charge is 0.392 e. The van der Waals surface area contributed by atoms with Crippen LogP contribution < -0.4 is 0 Å². The van der Waals surface area contributed by atoms with Crippen LogP contribution in [0.25, 0.3) is 16.9 Å². The Balaban J connectivity index is 1.70. The fourth-order valence-corrected chi connectivity index (χ4v) is 2.51. The third kappa shape index (κ3) is 2.72. The third-order valence-electron chi connectivity index (χ3n) is 3.70. The summed E-state index contributed by atoms with van der Waals surface area (Å²) < 4.78 is 1.72. The lowest BCUT2D eigenvalue weighted by Crippen LogP contribution is -1.94. The Morgan fingerprint density at radius 3 is 2.50 bits per heavy atom. The molecule has 1 N–H and O–H groups in total. The molecule has 4 aromatic rings. The number of aromatic nitrogens is 6. The lowest BCUT2D eigenvalue weighted by molar-refractivity contribution is 0.282. The van der Waals surface area contributed by atoms with Gasteiger partial charge in [0.2, 0.25) is 0 Å². The van der Waals surface area contributed by atoms with Gasteiger partial charge in [0.15, 0.2) is 11.5 Å². The van der Waals surface area contributed by atoms with E-state index in [1.165, 1.54) is 6.33 Å². The standard InChI is InChI=1S/C17H14N6O/c24-10-13-3-1-12(2-4-13)7-15-21-17-16(14-8-18-11-19-9-14)20-5-6-23(17)22-15/h1-6,8-9,11,24H,7,10H2. The van der Waals surface area contributed by atoms with Gasteiger partial charge in [-0.05, 0) is 11.1 Å². The van der Waals surface area contributed by atoms with Crippen molar-refractivity contribution in [3.05, 3.63) is 72.3 Å². The second-order valence-corrected chi connectivity index (χ2v) is 5.35. The first-order valence-electron chi connectivity index (χ1n) is 7.48. The van der Waals surface area contributed by atoms with Gasteiger partial charge in [-0.25, -0.2) is 19.5 Å². The summed E-state index contributed by atoms with van der Waals surface area (Å²) in [6.07, 6.45) is 8.96. The second-order valence-electron chi connectivity index (χ2n) is 5.35. The highest BCUT2D eigenvalue weighted by Crippen LogP contribution is 2.19. The van der Waals surface area contributed by atoms with E-state index < -0.39 is 0 Å². The molecule has 24 heavy (non-hydrogen) atoms. The van der Waals surface area contributed by atoms with Crippen LogP contribution in [-0.4, -0.2) is 34.7 Å². The summed E-state index contributed by atoms with van der Waals surface area (Å²) in [6.45, 7) is 0.0427. The zero-order chi connectivity index (χ0) is 16.4. The Morgan fingerprint density at radius 2 is 1.75 bits per heavy atom. The van der Waals surface area contributed by atoms with Crippen LogP contribution in [0, 0.1) is 0 Å². The molecule has 118 valence electrons. The number of nitrogens with zero attached hydrogens (tertiary/aromatic N) is 6. The van der Waals surface area contributed by atoms with E-state index in [-0.39, 0.29) is 6.61 Å². The average molecular weight is 318 g/mol. The van der Waals surface area contributed by atoms with Crippen LogP contribution in [0.4, 0.5) is 0 Å². The number of hydrogen-bond acceptors (Lipinski definition) is 6. The molecule has 0 fully saturated rings. The maximum absolute atomic E-state index is 9.11. The van der Waals surface area contributed by atoms with E-state index in [0.717, 1.165) is 16.7 Å². The van der Waals surface area contributed by atoms with Crippen LogP contribution in [0.15, 0.2) is 55.4 Å². The molecular weight excluding hydrogens is 304 g/mol. The minimum atomic E-state index is 0.0427. The Bertz CT molecular complexity index is 965. The van der Waals surface area contributed by atoms with Crippen molar-refractivity contribution in [1.82, 2.24) is 29.5 Å². The fraction of sp³-hybridized carbons (Fsp3) is 0.118. The molecule has 0 radical (unpaired) electrons. The molecule has 1 aromatic carbocycles. The zero-order valence-corrected chi connectivity index (χ0v) is 12.7. The molecule has 0 atom stereocenters. The molecule has 0 aliphatic carbocycles. The number of hydrogen-bond donors (Lipinski definition) is 1. The molecule has 4 rings (SSSR count). The molecule has 0 bridgehead atoms. The minimum Gasteiger partial charge on any atom is -0.392 e. The molecule has 0 unspecified atom stereocenters. The van der Waals surface area contributed by atoms with Crippen LogP contribution in [-0.2, 0) is 13.0 Å². The zero-order valence-electron chi connectivity index (χ0n) is 12.7.